The lowest BCUT2D eigenvalue weighted by molar-refractivity contribution is -0.0293. The monoisotopic (exact) mass is 184 g/mol. The van der Waals surface area contributed by atoms with E-state index in [1.165, 1.54) is 6.07 Å². The molecular weight excluding hydrogens is 171 g/mol. The largest absolute Gasteiger partial charge is 0.359 e. The second-order valence-corrected chi connectivity index (χ2v) is 2.66. The van der Waals surface area contributed by atoms with Crippen LogP contribution >= 0.6 is 0 Å². The molecule has 0 amide bonds. The molecule has 0 bridgehead atoms. The molecule has 13 heavy (non-hydrogen) atoms. The highest BCUT2D eigenvalue weighted by atomic mass is 19.1. The van der Waals surface area contributed by atoms with Gasteiger partial charge in [0.2, 0.25) is 0 Å². The number of ether oxygens (including phenoxy) is 2. The van der Waals surface area contributed by atoms with Gasteiger partial charge < -0.3 is 9.47 Å². The normalized spacial score (nSPS) is 10.3. The van der Waals surface area contributed by atoms with E-state index in [4.69, 9.17) is 9.47 Å². The number of rotatable bonds is 5. The maximum absolute atomic E-state index is 13.0. The van der Waals surface area contributed by atoms with E-state index < -0.39 is 0 Å². The smallest absolute Gasteiger partial charge is 0.146 e. The molecule has 1 aromatic rings. The molecule has 3 heteroatoms. The van der Waals surface area contributed by atoms with Crippen LogP contribution < -0.4 is 0 Å². The summed E-state index contributed by atoms with van der Waals surface area (Å²) in [6.45, 7) is 0.739. The van der Waals surface area contributed by atoms with E-state index in [-0.39, 0.29) is 12.6 Å². The van der Waals surface area contributed by atoms with Crippen molar-refractivity contribution >= 4 is 0 Å². The molecule has 0 heterocycles. The maximum Gasteiger partial charge on any atom is 0.146 e. The van der Waals surface area contributed by atoms with Crippen molar-refractivity contribution in [3.8, 4) is 0 Å². The van der Waals surface area contributed by atoms with Gasteiger partial charge in [0.15, 0.2) is 0 Å². The SMILES string of the molecule is COCOCCc1ccccc1F. The third-order valence-corrected chi connectivity index (χ3v) is 1.67. The van der Waals surface area contributed by atoms with Gasteiger partial charge in [0.25, 0.3) is 0 Å². The summed E-state index contributed by atoms with van der Waals surface area (Å²) in [5.41, 5.74) is 0.679. The highest BCUT2D eigenvalue weighted by Crippen LogP contribution is 2.06. The Balaban J connectivity index is 2.32. The fourth-order valence-corrected chi connectivity index (χ4v) is 1.03. The summed E-state index contributed by atoms with van der Waals surface area (Å²) in [7, 11) is 1.56. The van der Waals surface area contributed by atoms with E-state index in [1.807, 2.05) is 6.07 Å². The molecule has 1 rings (SSSR count). The molecule has 0 saturated heterocycles. The highest BCUT2D eigenvalue weighted by molar-refractivity contribution is 5.17. The molecule has 1 aromatic carbocycles. The van der Waals surface area contributed by atoms with Crippen LogP contribution in [0.2, 0.25) is 0 Å². The van der Waals surface area contributed by atoms with Gasteiger partial charge >= 0.3 is 0 Å². The van der Waals surface area contributed by atoms with Crippen LogP contribution in [0.15, 0.2) is 24.3 Å². The molecule has 72 valence electrons. The Labute approximate surface area is 77.3 Å². The molecule has 0 aliphatic heterocycles. The van der Waals surface area contributed by atoms with E-state index in [0.717, 1.165) is 0 Å². The Morgan fingerprint density at radius 3 is 2.77 bits per heavy atom. The lowest BCUT2D eigenvalue weighted by Crippen LogP contribution is -2.02. The molecule has 0 aromatic heterocycles. The molecule has 0 aliphatic rings. The molecular formula is C10H13FO2. The first-order valence-electron chi connectivity index (χ1n) is 4.14. The number of halogens is 1. The zero-order valence-electron chi connectivity index (χ0n) is 7.63. The van der Waals surface area contributed by atoms with Crippen LogP contribution in [-0.2, 0) is 15.9 Å². The van der Waals surface area contributed by atoms with Crippen molar-refractivity contribution < 1.29 is 13.9 Å². The minimum atomic E-state index is -0.177. The molecule has 0 unspecified atom stereocenters. The molecule has 0 atom stereocenters. The average molecular weight is 184 g/mol. The summed E-state index contributed by atoms with van der Waals surface area (Å²) < 4.78 is 22.8. The Hall–Kier alpha value is -0.930. The van der Waals surface area contributed by atoms with Crippen molar-refractivity contribution in [3.63, 3.8) is 0 Å². The highest BCUT2D eigenvalue weighted by Gasteiger charge is 1.99. The van der Waals surface area contributed by atoms with Crippen molar-refractivity contribution in [2.45, 2.75) is 6.42 Å². The van der Waals surface area contributed by atoms with Gasteiger partial charge in [-0.3, -0.25) is 0 Å². The quantitative estimate of drug-likeness (QED) is 0.514. The summed E-state index contributed by atoms with van der Waals surface area (Å²) in [5.74, 6) is -0.177. The molecule has 0 N–H and O–H groups in total. The van der Waals surface area contributed by atoms with Gasteiger partial charge in [-0.25, -0.2) is 4.39 Å². The predicted molar refractivity (Wildman–Crippen MR) is 47.9 cm³/mol. The van der Waals surface area contributed by atoms with Gasteiger partial charge in [0.05, 0.1) is 6.61 Å². The van der Waals surface area contributed by atoms with E-state index in [0.29, 0.717) is 18.6 Å². The summed E-state index contributed by atoms with van der Waals surface area (Å²) in [6, 6.07) is 6.70. The first-order chi connectivity index (χ1) is 6.34. The van der Waals surface area contributed by atoms with Gasteiger partial charge in [0, 0.05) is 7.11 Å². The van der Waals surface area contributed by atoms with Crippen LogP contribution in [0.5, 0.6) is 0 Å². The van der Waals surface area contributed by atoms with Crippen LogP contribution in [0, 0.1) is 5.82 Å². The summed E-state index contributed by atoms with van der Waals surface area (Å²) >= 11 is 0. The first kappa shape index (κ1) is 10.2. The summed E-state index contributed by atoms with van der Waals surface area (Å²) in [4.78, 5) is 0. The number of hydrogen-bond acceptors (Lipinski definition) is 2. The predicted octanol–water partition coefficient (Wildman–Crippen LogP) is 1.99. The zero-order chi connectivity index (χ0) is 9.52. The number of hydrogen-bond donors (Lipinski definition) is 0. The van der Waals surface area contributed by atoms with E-state index >= 15 is 0 Å². The van der Waals surface area contributed by atoms with Gasteiger partial charge in [-0.15, -0.1) is 0 Å². The lowest BCUT2D eigenvalue weighted by Gasteiger charge is -2.03. The van der Waals surface area contributed by atoms with Gasteiger partial charge in [-0.2, -0.15) is 0 Å². The molecule has 0 radical (unpaired) electrons. The average Bonchev–Trinajstić information content (AvgIpc) is 2.15. The van der Waals surface area contributed by atoms with Crippen molar-refractivity contribution in [2.24, 2.45) is 0 Å². The van der Waals surface area contributed by atoms with Gasteiger partial charge in [-0.05, 0) is 18.1 Å². The van der Waals surface area contributed by atoms with Crippen molar-refractivity contribution in [3.05, 3.63) is 35.6 Å². The Bertz CT molecular complexity index is 250. The van der Waals surface area contributed by atoms with Crippen molar-refractivity contribution in [2.75, 3.05) is 20.5 Å². The molecule has 0 fully saturated rings. The zero-order valence-corrected chi connectivity index (χ0v) is 7.63. The van der Waals surface area contributed by atoms with Crippen LogP contribution in [0.1, 0.15) is 5.56 Å². The fraction of sp³-hybridized carbons (Fsp3) is 0.400. The van der Waals surface area contributed by atoms with Crippen LogP contribution in [0.4, 0.5) is 4.39 Å². The third kappa shape index (κ3) is 3.53. The second-order valence-electron chi connectivity index (χ2n) is 2.66. The standard InChI is InChI=1S/C10H13FO2/c1-12-8-13-7-6-9-4-2-3-5-10(9)11/h2-5H,6-8H2,1H3. The Morgan fingerprint density at radius 1 is 1.31 bits per heavy atom. The molecule has 0 spiro atoms. The van der Waals surface area contributed by atoms with Crippen molar-refractivity contribution in [1.29, 1.82) is 0 Å². The first-order valence-corrected chi connectivity index (χ1v) is 4.14. The van der Waals surface area contributed by atoms with E-state index in [9.17, 15) is 4.39 Å². The summed E-state index contributed by atoms with van der Waals surface area (Å²) in [6.07, 6.45) is 0.579. The number of methoxy groups -OCH3 is 1. The molecule has 0 aliphatic carbocycles. The van der Waals surface area contributed by atoms with Gasteiger partial charge in [0.1, 0.15) is 12.6 Å². The molecule has 0 saturated carbocycles. The number of benzene rings is 1. The van der Waals surface area contributed by atoms with Crippen LogP contribution in [-0.4, -0.2) is 20.5 Å². The van der Waals surface area contributed by atoms with Gasteiger partial charge in [-0.1, -0.05) is 18.2 Å². The minimum Gasteiger partial charge on any atom is -0.359 e. The second kappa shape index (κ2) is 5.67. The lowest BCUT2D eigenvalue weighted by atomic mass is 10.1. The van der Waals surface area contributed by atoms with Crippen LogP contribution in [0.3, 0.4) is 0 Å². The Morgan fingerprint density at radius 2 is 2.08 bits per heavy atom. The summed E-state index contributed by atoms with van der Waals surface area (Å²) in [5, 5.41) is 0. The minimum absolute atomic E-state index is 0.177. The van der Waals surface area contributed by atoms with Crippen molar-refractivity contribution in [1.82, 2.24) is 0 Å². The van der Waals surface area contributed by atoms with E-state index in [1.54, 1.807) is 19.2 Å². The van der Waals surface area contributed by atoms with E-state index in [2.05, 4.69) is 0 Å². The third-order valence-electron chi connectivity index (χ3n) is 1.67. The maximum atomic E-state index is 13.0. The topological polar surface area (TPSA) is 18.5 Å². The Kier molecular flexibility index (Phi) is 4.43. The molecule has 2 nitrogen and oxygen atoms in total. The fourth-order valence-electron chi connectivity index (χ4n) is 1.03. The van der Waals surface area contributed by atoms with Crippen LogP contribution in [0.25, 0.3) is 0 Å².